The van der Waals surface area contributed by atoms with E-state index in [1.54, 1.807) is 0 Å². The zero-order valence-electron chi connectivity index (χ0n) is 17.6. The van der Waals surface area contributed by atoms with Crippen LogP contribution in [0, 0.1) is 0 Å². The topological polar surface area (TPSA) is 74.8 Å². The molecule has 2 heterocycles. The van der Waals surface area contributed by atoms with Crippen molar-refractivity contribution in [1.82, 2.24) is 16.0 Å². The van der Waals surface area contributed by atoms with E-state index in [9.17, 15) is 4.79 Å². The Morgan fingerprint density at radius 1 is 1.31 bits per heavy atom. The summed E-state index contributed by atoms with van der Waals surface area (Å²) < 4.78 is 5.86. The van der Waals surface area contributed by atoms with Crippen LogP contribution in [0.5, 0.6) is 0 Å². The summed E-state index contributed by atoms with van der Waals surface area (Å²) in [4.78, 5) is 17.2. The first kappa shape index (κ1) is 22.0. The molecule has 3 N–H and O–H groups in total. The minimum Gasteiger partial charge on any atom is -0.376 e. The number of nitrogens with zero attached hydrogens (tertiary/aromatic N) is 1. The Balaban J connectivity index is 1.54. The van der Waals surface area contributed by atoms with Gasteiger partial charge in [-0.1, -0.05) is 12.1 Å². The number of ether oxygens (including phenoxy) is 1. The molecule has 0 radical (unpaired) electrons. The summed E-state index contributed by atoms with van der Waals surface area (Å²) in [5, 5.41) is 9.79. The van der Waals surface area contributed by atoms with Gasteiger partial charge in [0.2, 0.25) is 0 Å². The van der Waals surface area contributed by atoms with Crippen molar-refractivity contribution in [3.63, 3.8) is 0 Å². The zero-order chi connectivity index (χ0) is 20.5. The molecule has 2 aliphatic heterocycles. The molecule has 0 aromatic heterocycles. The fraction of sp³-hybridized carbons (Fsp3) is 0.636. The van der Waals surface area contributed by atoms with Crippen LogP contribution in [0.1, 0.15) is 55.5 Å². The van der Waals surface area contributed by atoms with E-state index in [1.165, 1.54) is 18.6 Å². The lowest BCUT2D eigenvalue weighted by Gasteiger charge is -2.24. The van der Waals surface area contributed by atoms with Gasteiger partial charge in [-0.3, -0.25) is 4.79 Å². The summed E-state index contributed by atoms with van der Waals surface area (Å²) in [6, 6.07) is 7.70. The minimum absolute atomic E-state index is 0.0532. The average molecular weight is 419 g/mol. The van der Waals surface area contributed by atoms with Gasteiger partial charge in [-0.25, -0.2) is 4.99 Å². The molecule has 29 heavy (non-hydrogen) atoms. The predicted molar refractivity (Wildman–Crippen MR) is 121 cm³/mol. The Morgan fingerprint density at radius 2 is 2.21 bits per heavy atom. The number of nitrogens with one attached hydrogen (secondary N) is 3. The van der Waals surface area contributed by atoms with Crippen molar-refractivity contribution in [3.8, 4) is 0 Å². The van der Waals surface area contributed by atoms with E-state index < -0.39 is 0 Å². The van der Waals surface area contributed by atoms with Gasteiger partial charge < -0.3 is 20.7 Å². The van der Waals surface area contributed by atoms with Crippen LogP contribution in [-0.4, -0.2) is 54.7 Å². The van der Waals surface area contributed by atoms with E-state index in [4.69, 9.17) is 9.73 Å². The van der Waals surface area contributed by atoms with Crippen LogP contribution in [0.15, 0.2) is 29.3 Å². The highest BCUT2D eigenvalue weighted by molar-refractivity contribution is 8.00. The molecule has 2 fully saturated rings. The second kappa shape index (κ2) is 10.9. The Kier molecular flexibility index (Phi) is 8.24. The van der Waals surface area contributed by atoms with Crippen LogP contribution >= 0.6 is 11.8 Å². The highest BCUT2D eigenvalue weighted by Gasteiger charge is 2.29. The standard InChI is InChI=1S/C22H34N4O2S/c1-3-23-21(26-16-22(2)10-6-12-29-22)25-14-17-7-4-8-18(13-17)20(27)24-15-19-9-5-11-28-19/h4,7-8,13,19H,3,5-6,9-12,14-16H2,1-2H3,(H,24,27)(H2,23,25,26). The van der Waals surface area contributed by atoms with Gasteiger partial charge in [-0.05, 0) is 63.0 Å². The van der Waals surface area contributed by atoms with Crippen LogP contribution in [0.25, 0.3) is 0 Å². The first-order valence-corrected chi connectivity index (χ1v) is 11.7. The van der Waals surface area contributed by atoms with Crippen molar-refractivity contribution in [1.29, 1.82) is 0 Å². The lowest BCUT2D eigenvalue weighted by atomic mass is 10.1. The lowest BCUT2D eigenvalue weighted by Crippen LogP contribution is -2.43. The first-order valence-electron chi connectivity index (χ1n) is 10.7. The maximum Gasteiger partial charge on any atom is 0.251 e. The van der Waals surface area contributed by atoms with E-state index in [-0.39, 0.29) is 16.8 Å². The number of amides is 1. The molecule has 160 valence electrons. The van der Waals surface area contributed by atoms with Gasteiger partial charge in [0.1, 0.15) is 0 Å². The summed E-state index contributed by atoms with van der Waals surface area (Å²) in [7, 11) is 0. The van der Waals surface area contributed by atoms with Gasteiger partial charge in [0.25, 0.3) is 5.91 Å². The maximum atomic E-state index is 12.4. The Morgan fingerprint density at radius 3 is 2.93 bits per heavy atom. The molecule has 2 unspecified atom stereocenters. The Hall–Kier alpha value is -1.73. The highest BCUT2D eigenvalue weighted by atomic mass is 32.2. The lowest BCUT2D eigenvalue weighted by molar-refractivity contribution is 0.0857. The van der Waals surface area contributed by atoms with E-state index >= 15 is 0 Å². The molecule has 2 aliphatic rings. The monoisotopic (exact) mass is 418 g/mol. The summed E-state index contributed by atoms with van der Waals surface area (Å²) >= 11 is 2.04. The third-order valence-corrected chi connectivity index (χ3v) is 6.94. The molecule has 6 nitrogen and oxygen atoms in total. The van der Waals surface area contributed by atoms with Crippen LogP contribution < -0.4 is 16.0 Å². The van der Waals surface area contributed by atoms with E-state index in [1.807, 2.05) is 36.0 Å². The van der Waals surface area contributed by atoms with Gasteiger partial charge in [0.15, 0.2) is 5.96 Å². The van der Waals surface area contributed by atoms with Gasteiger partial charge >= 0.3 is 0 Å². The summed E-state index contributed by atoms with van der Waals surface area (Å²) in [5.41, 5.74) is 1.69. The molecular weight excluding hydrogens is 384 g/mol. The molecule has 0 bridgehead atoms. The minimum atomic E-state index is -0.0532. The molecular formula is C22H34N4O2S. The fourth-order valence-corrected chi connectivity index (χ4v) is 4.93. The number of guanidine groups is 1. The molecule has 3 rings (SSSR count). The van der Waals surface area contributed by atoms with Crippen LogP contribution in [0.3, 0.4) is 0 Å². The third kappa shape index (κ3) is 6.93. The SMILES string of the molecule is CCNC(=NCc1cccc(C(=O)NCC2CCCO2)c1)NCC1(C)CCCS1. The number of hydrogen-bond donors (Lipinski definition) is 3. The van der Waals surface area contributed by atoms with Gasteiger partial charge in [0.05, 0.1) is 12.6 Å². The van der Waals surface area contributed by atoms with Crippen LogP contribution in [0.4, 0.5) is 0 Å². The van der Waals surface area contributed by atoms with Crippen molar-refractivity contribution in [2.45, 2.75) is 56.9 Å². The largest absolute Gasteiger partial charge is 0.376 e. The number of carbonyl (C=O) groups is 1. The molecule has 1 aromatic carbocycles. The van der Waals surface area contributed by atoms with Crippen LogP contribution in [0.2, 0.25) is 0 Å². The van der Waals surface area contributed by atoms with Gasteiger partial charge in [-0.2, -0.15) is 11.8 Å². The molecule has 0 aliphatic carbocycles. The third-order valence-electron chi connectivity index (χ3n) is 5.40. The van der Waals surface area contributed by atoms with E-state index in [0.29, 0.717) is 18.7 Å². The molecule has 0 saturated carbocycles. The van der Waals surface area contributed by atoms with E-state index in [2.05, 4.69) is 29.8 Å². The summed E-state index contributed by atoms with van der Waals surface area (Å²) in [6.07, 6.45) is 4.78. The molecule has 1 aromatic rings. The summed E-state index contributed by atoms with van der Waals surface area (Å²) in [6.45, 7) is 8.03. The van der Waals surface area contributed by atoms with E-state index in [0.717, 1.165) is 44.1 Å². The number of thioether (sulfide) groups is 1. The smallest absolute Gasteiger partial charge is 0.251 e. The Bertz CT molecular complexity index is 698. The van der Waals surface area contributed by atoms with Gasteiger partial charge in [0, 0.05) is 36.6 Å². The van der Waals surface area contributed by atoms with Gasteiger partial charge in [-0.15, -0.1) is 0 Å². The second-order valence-corrected chi connectivity index (χ2v) is 9.68. The number of benzene rings is 1. The van der Waals surface area contributed by atoms with Crippen molar-refractivity contribution in [2.75, 3.05) is 32.0 Å². The normalized spacial score (nSPS) is 24.5. The number of aliphatic imine (C=N–C) groups is 1. The molecule has 1 amide bonds. The first-order chi connectivity index (χ1) is 14.1. The van der Waals surface area contributed by atoms with Crippen molar-refractivity contribution >= 4 is 23.6 Å². The highest BCUT2D eigenvalue weighted by Crippen LogP contribution is 2.36. The second-order valence-electron chi connectivity index (χ2n) is 8.00. The molecule has 2 saturated heterocycles. The molecule has 2 atom stereocenters. The van der Waals surface area contributed by atoms with Crippen molar-refractivity contribution < 1.29 is 9.53 Å². The zero-order valence-corrected chi connectivity index (χ0v) is 18.4. The molecule has 7 heteroatoms. The molecule has 0 spiro atoms. The number of hydrogen-bond acceptors (Lipinski definition) is 4. The number of rotatable bonds is 8. The van der Waals surface area contributed by atoms with Crippen molar-refractivity contribution in [2.24, 2.45) is 4.99 Å². The number of carbonyl (C=O) groups excluding carboxylic acids is 1. The average Bonchev–Trinajstić information content (AvgIpc) is 3.41. The quantitative estimate of drug-likeness (QED) is 0.447. The van der Waals surface area contributed by atoms with Crippen LogP contribution in [-0.2, 0) is 11.3 Å². The van der Waals surface area contributed by atoms with Crippen molar-refractivity contribution in [3.05, 3.63) is 35.4 Å². The fourth-order valence-electron chi connectivity index (χ4n) is 3.68. The predicted octanol–water partition coefficient (Wildman–Crippen LogP) is 2.94. The Labute approximate surface area is 178 Å². The maximum absolute atomic E-state index is 12.4. The summed E-state index contributed by atoms with van der Waals surface area (Å²) in [5.74, 6) is 2.02.